The van der Waals surface area contributed by atoms with Crippen LogP contribution in [-0.4, -0.2) is 20.7 Å². The summed E-state index contributed by atoms with van der Waals surface area (Å²) in [4.78, 5) is 30.6. The molecule has 0 aliphatic heterocycles. The van der Waals surface area contributed by atoms with Crippen molar-refractivity contribution in [3.63, 3.8) is 0 Å². The van der Waals surface area contributed by atoms with Crippen LogP contribution in [0.2, 0.25) is 0 Å². The Morgan fingerprint density at radius 3 is 2.47 bits per heavy atom. The van der Waals surface area contributed by atoms with Crippen LogP contribution in [0.4, 0.5) is 0 Å². The molecule has 6 rings (SSSR count). The lowest BCUT2D eigenvalue weighted by molar-refractivity contribution is -0.126. The van der Waals surface area contributed by atoms with Gasteiger partial charge in [0.15, 0.2) is 5.58 Å². The van der Waals surface area contributed by atoms with E-state index in [1.165, 1.54) is 0 Å². The lowest BCUT2D eigenvalue weighted by Gasteiger charge is -2.38. The highest BCUT2D eigenvalue weighted by molar-refractivity contribution is 6.04. The summed E-state index contributed by atoms with van der Waals surface area (Å²) in [6, 6.07) is 16.8. The van der Waals surface area contributed by atoms with E-state index in [1.807, 2.05) is 55.6 Å². The number of hydrogen-bond acceptors (Lipinski definition) is 5. The molecule has 0 atom stereocenters. The second kappa shape index (κ2) is 7.38. The number of aromatic nitrogens is 3. The number of carbonyl (C=O) groups is 1. The summed E-state index contributed by atoms with van der Waals surface area (Å²) in [7, 11) is 1.83. The zero-order chi connectivity index (χ0) is 23.4. The molecular formula is C27H22N4O3. The number of hydrogen-bond donors (Lipinski definition) is 1. The fourth-order valence-electron chi connectivity index (χ4n) is 4.94. The Kier molecular flexibility index (Phi) is 4.42. The highest BCUT2D eigenvalue weighted by atomic mass is 16.3. The molecule has 1 saturated carbocycles. The Hall–Kier alpha value is -4.26. The number of nitrogens with two attached hydrogens (primary N) is 1. The molecule has 5 aromatic rings. The van der Waals surface area contributed by atoms with Crippen molar-refractivity contribution in [2.24, 2.45) is 12.8 Å². The topological polar surface area (TPSA) is 104 Å². The first-order chi connectivity index (χ1) is 16.5. The molecule has 1 aliphatic carbocycles. The van der Waals surface area contributed by atoms with Crippen LogP contribution in [-0.2, 0) is 17.3 Å². The molecule has 0 spiro atoms. The maximum Gasteiger partial charge on any atom is 0.229 e. The number of rotatable bonds is 4. The van der Waals surface area contributed by atoms with Gasteiger partial charge in [0.25, 0.3) is 0 Å². The number of aryl methyl sites for hydroxylation is 1. The summed E-state index contributed by atoms with van der Waals surface area (Å²) in [6.45, 7) is 0. The predicted molar refractivity (Wildman–Crippen MR) is 130 cm³/mol. The van der Waals surface area contributed by atoms with E-state index in [4.69, 9.17) is 10.2 Å². The summed E-state index contributed by atoms with van der Waals surface area (Å²) in [5.74, 6) is 0.115. The van der Waals surface area contributed by atoms with Crippen LogP contribution in [0.3, 0.4) is 0 Å². The van der Waals surface area contributed by atoms with Crippen LogP contribution < -0.4 is 11.2 Å². The van der Waals surface area contributed by atoms with E-state index >= 15 is 0 Å². The van der Waals surface area contributed by atoms with E-state index in [2.05, 4.69) is 10.1 Å². The van der Waals surface area contributed by atoms with Crippen molar-refractivity contribution < 1.29 is 9.21 Å². The summed E-state index contributed by atoms with van der Waals surface area (Å²) < 4.78 is 8.19. The van der Waals surface area contributed by atoms with E-state index < -0.39 is 5.41 Å². The van der Waals surface area contributed by atoms with E-state index in [-0.39, 0.29) is 11.3 Å². The maximum atomic E-state index is 13.9. The van der Waals surface area contributed by atoms with Crippen LogP contribution >= 0.6 is 0 Å². The van der Waals surface area contributed by atoms with Gasteiger partial charge in [0, 0.05) is 29.8 Å². The largest absolute Gasteiger partial charge is 0.453 e. The SMILES string of the molecule is Cn1ncc2ccc3c(=O)c(-c4ccc(C5(C(N)=O)CCC5)nc4)c(-c4ccccc4)oc3c21. The van der Waals surface area contributed by atoms with Crippen molar-refractivity contribution in [2.45, 2.75) is 24.7 Å². The minimum atomic E-state index is -0.708. The molecule has 7 nitrogen and oxygen atoms in total. The van der Waals surface area contributed by atoms with Crippen molar-refractivity contribution in [2.75, 3.05) is 0 Å². The number of fused-ring (bicyclic) bond motifs is 3. The summed E-state index contributed by atoms with van der Waals surface area (Å²) in [5, 5.41) is 5.70. The molecule has 0 bridgehead atoms. The number of amides is 1. The molecule has 34 heavy (non-hydrogen) atoms. The second-order valence-electron chi connectivity index (χ2n) is 8.88. The third kappa shape index (κ3) is 2.83. The molecule has 7 heteroatoms. The highest BCUT2D eigenvalue weighted by Crippen LogP contribution is 2.43. The van der Waals surface area contributed by atoms with E-state index in [0.29, 0.717) is 46.4 Å². The number of carbonyl (C=O) groups excluding carboxylic acids is 1. The fourth-order valence-corrected chi connectivity index (χ4v) is 4.94. The normalized spacial score (nSPS) is 14.9. The van der Waals surface area contributed by atoms with Crippen molar-refractivity contribution in [3.8, 4) is 22.5 Å². The Labute approximate surface area is 194 Å². The summed E-state index contributed by atoms with van der Waals surface area (Å²) >= 11 is 0. The lowest BCUT2D eigenvalue weighted by Crippen LogP contribution is -2.47. The highest BCUT2D eigenvalue weighted by Gasteiger charge is 2.45. The van der Waals surface area contributed by atoms with E-state index in [9.17, 15) is 9.59 Å². The maximum absolute atomic E-state index is 13.9. The fraction of sp³-hybridized carbons (Fsp3) is 0.185. The second-order valence-corrected chi connectivity index (χ2v) is 8.88. The third-order valence-electron chi connectivity index (χ3n) is 7.02. The van der Waals surface area contributed by atoms with Gasteiger partial charge in [-0.2, -0.15) is 5.10 Å². The first-order valence-electron chi connectivity index (χ1n) is 11.2. The van der Waals surface area contributed by atoms with Gasteiger partial charge in [-0.25, -0.2) is 0 Å². The van der Waals surface area contributed by atoms with Crippen LogP contribution in [0.25, 0.3) is 44.3 Å². The van der Waals surface area contributed by atoms with Gasteiger partial charge in [-0.05, 0) is 25.0 Å². The average molecular weight is 450 g/mol. The van der Waals surface area contributed by atoms with Crippen molar-refractivity contribution >= 4 is 27.8 Å². The van der Waals surface area contributed by atoms with Crippen LogP contribution in [0, 0.1) is 0 Å². The Morgan fingerprint density at radius 2 is 1.82 bits per heavy atom. The molecule has 1 aliphatic rings. The van der Waals surface area contributed by atoms with Crippen molar-refractivity contribution in [1.29, 1.82) is 0 Å². The van der Waals surface area contributed by atoms with Gasteiger partial charge in [-0.1, -0.05) is 48.9 Å². The number of nitrogens with zero attached hydrogens (tertiary/aromatic N) is 3. The van der Waals surface area contributed by atoms with Gasteiger partial charge in [-0.15, -0.1) is 0 Å². The van der Waals surface area contributed by atoms with Gasteiger partial charge >= 0.3 is 0 Å². The smallest absolute Gasteiger partial charge is 0.229 e. The Balaban J connectivity index is 1.62. The molecule has 0 saturated heterocycles. The average Bonchev–Trinajstić information content (AvgIpc) is 3.20. The first kappa shape index (κ1) is 20.4. The molecule has 0 radical (unpaired) electrons. The number of pyridine rings is 1. The molecule has 2 aromatic carbocycles. The molecule has 2 N–H and O–H groups in total. The van der Waals surface area contributed by atoms with Crippen molar-refractivity contribution in [3.05, 3.63) is 82.9 Å². The summed E-state index contributed by atoms with van der Waals surface area (Å²) in [5.41, 5.74) is 8.60. The molecule has 0 unspecified atom stereocenters. The molecule has 1 fully saturated rings. The first-order valence-corrected chi connectivity index (χ1v) is 11.2. The molecule has 168 valence electrons. The minimum Gasteiger partial charge on any atom is -0.453 e. The van der Waals surface area contributed by atoms with Crippen LogP contribution in [0.15, 0.2) is 76.2 Å². The predicted octanol–water partition coefficient (Wildman–Crippen LogP) is 4.32. The number of primary amides is 1. The van der Waals surface area contributed by atoms with E-state index in [0.717, 1.165) is 22.9 Å². The van der Waals surface area contributed by atoms with Gasteiger partial charge in [0.2, 0.25) is 11.3 Å². The lowest BCUT2D eigenvalue weighted by atomic mass is 9.66. The zero-order valence-electron chi connectivity index (χ0n) is 18.6. The monoisotopic (exact) mass is 450 g/mol. The van der Waals surface area contributed by atoms with Crippen LogP contribution in [0.1, 0.15) is 25.0 Å². The van der Waals surface area contributed by atoms with E-state index in [1.54, 1.807) is 23.1 Å². The van der Waals surface area contributed by atoms with Gasteiger partial charge in [-0.3, -0.25) is 19.3 Å². The van der Waals surface area contributed by atoms with Gasteiger partial charge < -0.3 is 10.2 Å². The molecule has 1 amide bonds. The Morgan fingerprint density at radius 1 is 1.03 bits per heavy atom. The van der Waals surface area contributed by atoms with Crippen molar-refractivity contribution in [1.82, 2.24) is 14.8 Å². The standard InChI is InChI=1S/C27H22N4O3/c1-31-22-18(15-30-31)8-10-19-23(32)21(24(34-25(19)22)16-6-3-2-4-7-16)17-9-11-20(29-14-17)27(26(28)33)12-5-13-27/h2-4,6-11,14-15H,5,12-13H2,1H3,(H2,28,33). The Bertz CT molecular complexity index is 1630. The zero-order valence-corrected chi connectivity index (χ0v) is 18.6. The van der Waals surface area contributed by atoms with Gasteiger partial charge in [0.1, 0.15) is 11.3 Å². The van der Waals surface area contributed by atoms with Crippen LogP contribution in [0.5, 0.6) is 0 Å². The quantitative estimate of drug-likeness (QED) is 0.439. The third-order valence-corrected chi connectivity index (χ3v) is 7.02. The molecular weight excluding hydrogens is 428 g/mol. The minimum absolute atomic E-state index is 0.147. The molecule has 3 aromatic heterocycles. The van der Waals surface area contributed by atoms with Gasteiger partial charge in [0.05, 0.1) is 28.3 Å². The molecule has 3 heterocycles. The summed E-state index contributed by atoms with van der Waals surface area (Å²) in [6.07, 6.45) is 5.74. The number of benzene rings is 2.